The number of nitrogens with two attached hydrogens (primary N) is 1. The molecule has 0 radical (unpaired) electrons. The molecule has 4 nitrogen and oxygen atoms in total. The van der Waals surface area contributed by atoms with E-state index < -0.39 is 0 Å². The van der Waals surface area contributed by atoms with Crippen molar-refractivity contribution < 1.29 is 4.74 Å². The molecule has 1 aromatic carbocycles. The average molecular weight is 264 g/mol. The second kappa shape index (κ2) is 5.23. The van der Waals surface area contributed by atoms with Gasteiger partial charge in [-0.3, -0.25) is 0 Å². The van der Waals surface area contributed by atoms with Crippen molar-refractivity contribution in [2.75, 3.05) is 12.8 Å². The third-order valence-electron chi connectivity index (χ3n) is 2.64. The lowest BCUT2D eigenvalue weighted by atomic mass is 10.1. The monoisotopic (exact) mass is 263 g/mol. The van der Waals surface area contributed by atoms with Crippen molar-refractivity contribution in [2.45, 2.75) is 13.3 Å². The Balaban J connectivity index is 2.54. The van der Waals surface area contributed by atoms with E-state index in [0.29, 0.717) is 22.3 Å². The number of ether oxygens (including phenoxy) is 1. The van der Waals surface area contributed by atoms with Gasteiger partial charge in [0, 0.05) is 5.02 Å². The van der Waals surface area contributed by atoms with Crippen molar-refractivity contribution in [1.82, 2.24) is 9.97 Å². The van der Waals surface area contributed by atoms with Crippen molar-refractivity contribution >= 4 is 17.3 Å². The summed E-state index contributed by atoms with van der Waals surface area (Å²) in [4.78, 5) is 8.68. The molecular formula is C13H14ClN3O. The molecule has 0 bridgehead atoms. The normalized spacial score (nSPS) is 10.4. The molecule has 0 aliphatic rings. The second-order valence-corrected chi connectivity index (χ2v) is 4.23. The van der Waals surface area contributed by atoms with Gasteiger partial charge >= 0.3 is 0 Å². The maximum Gasteiger partial charge on any atom is 0.163 e. The standard InChI is InChI=1S/C13H14ClN3O/c1-3-11-10(15)7-16-13(17-11)9-5-4-8(14)6-12(9)18-2/h4-7H,3,15H2,1-2H3. The van der Waals surface area contributed by atoms with Gasteiger partial charge in [0.05, 0.1) is 30.3 Å². The maximum absolute atomic E-state index is 5.93. The van der Waals surface area contributed by atoms with Gasteiger partial charge in [0.2, 0.25) is 0 Å². The molecule has 2 rings (SSSR count). The molecule has 2 N–H and O–H groups in total. The molecule has 0 fully saturated rings. The number of aromatic nitrogens is 2. The van der Waals surface area contributed by atoms with E-state index in [1.807, 2.05) is 13.0 Å². The first kappa shape index (κ1) is 12.6. The van der Waals surface area contributed by atoms with Crippen LogP contribution in [0, 0.1) is 0 Å². The summed E-state index contributed by atoms with van der Waals surface area (Å²) in [5.41, 5.74) is 8.03. The zero-order valence-electron chi connectivity index (χ0n) is 10.3. The van der Waals surface area contributed by atoms with Gasteiger partial charge in [0.1, 0.15) is 5.75 Å². The van der Waals surface area contributed by atoms with Gasteiger partial charge in [-0.15, -0.1) is 0 Å². The number of nitrogen functional groups attached to an aromatic ring is 1. The molecule has 0 saturated heterocycles. The molecule has 0 unspecified atom stereocenters. The first-order valence-corrected chi connectivity index (χ1v) is 5.98. The van der Waals surface area contributed by atoms with E-state index in [4.69, 9.17) is 22.1 Å². The molecule has 1 aromatic heterocycles. The van der Waals surface area contributed by atoms with E-state index >= 15 is 0 Å². The quantitative estimate of drug-likeness (QED) is 0.925. The summed E-state index contributed by atoms with van der Waals surface area (Å²) in [6.07, 6.45) is 2.38. The van der Waals surface area contributed by atoms with Crippen LogP contribution in [0.15, 0.2) is 24.4 Å². The van der Waals surface area contributed by atoms with Crippen LogP contribution in [0.4, 0.5) is 5.69 Å². The van der Waals surface area contributed by atoms with Crippen molar-refractivity contribution in [2.24, 2.45) is 0 Å². The first-order chi connectivity index (χ1) is 8.65. The van der Waals surface area contributed by atoms with Gasteiger partial charge in [0.25, 0.3) is 0 Å². The Labute approximate surface area is 111 Å². The molecule has 0 atom stereocenters. The van der Waals surface area contributed by atoms with Gasteiger partial charge in [-0.25, -0.2) is 9.97 Å². The van der Waals surface area contributed by atoms with Crippen molar-refractivity contribution in [1.29, 1.82) is 0 Å². The first-order valence-electron chi connectivity index (χ1n) is 5.61. The van der Waals surface area contributed by atoms with Crippen LogP contribution in [0.25, 0.3) is 11.4 Å². The lowest BCUT2D eigenvalue weighted by molar-refractivity contribution is 0.416. The van der Waals surface area contributed by atoms with Crippen LogP contribution < -0.4 is 10.5 Å². The SMILES string of the molecule is CCc1nc(-c2ccc(Cl)cc2OC)ncc1N. The smallest absolute Gasteiger partial charge is 0.163 e. The molecule has 2 aromatic rings. The minimum absolute atomic E-state index is 0.592. The van der Waals surface area contributed by atoms with Crippen LogP contribution in [0.1, 0.15) is 12.6 Å². The lowest BCUT2D eigenvalue weighted by Gasteiger charge is -2.09. The summed E-state index contributed by atoms with van der Waals surface area (Å²) < 4.78 is 5.29. The highest BCUT2D eigenvalue weighted by molar-refractivity contribution is 6.30. The van der Waals surface area contributed by atoms with Gasteiger partial charge in [-0.2, -0.15) is 0 Å². The molecule has 0 aliphatic heterocycles. The minimum atomic E-state index is 0.592. The number of nitrogens with zero attached hydrogens (tertiary/aromatic N) is 2. The Morgan fingerprint density at radius 2 is 2.17 bits per heavy atom. The summed E-state index contributed by atoms with van der Waals surface area (Å²) in [5, 5.41) is 0.613. The third kappa shape index (κ3) is 2.38. The summed E-state index contributed by atoms with van der Waals surface area (Å²) in [6, 6.07) is 5.36. The molecular weight excluding hydrogens is 250 g/mol. The maximum atomic E-state index is 5.93. The number of anilines is 1. The number of methoxy groups -OCH3 is 1. The summed E-state index contributed by atoms with van der Waals surface area (Å²) >= 11 is 5.93. The van der Waals surface area contributed by atoms with Crippen LogP contribution in [0.2, 0.25) is 5.02 Å². The number of aryl methyl sites for hydroxylation is 1. The van der Waals surface area contributed by atoms with E-state index in [1.165, 1.54) is 0 Å². The van der Waals surface area contributed by atoms with E-state index in [0.717, 1.165) is 17.7 Å². The van der Waals surface area contributed by atoms with Gasteiger partial charge in [-0.05, 0) is 24.6 Å². The fourth-order valence-electron chi connectivity index (χ4n) is 1.69. The van der Waals surface area contributed by atoms with Crippen molar-refractivity contribution in [3.05, 3.63) is 35.1 Å². The molecule has 1 heterocycles. The van der Waals surface area contributed by atoms with Crippen LogP contribution in [-0.2, 0) is 6.42 Å². The topological polar surface area (TPSA) is 61.0 Å². The average Bonchev–Trinajstić information content (AvgIpc) is 2.39. The van der Waals surface area contributed by atoms with E-state index in [2.05, 4.69) is 9.97 Å². The van der Waals surface area contributed by atoms with Gasteiger partial charge in [0.15, 0.2) is 5.82 Å². The summed E-state index contributed by atoms with van der Waals surface area (Å²) in [5.74, 6) is 1.24. The Hall–Kier alpha value is -1.81. The predicted octanol–water partition coefficient (Wildman–Crippen LogP) is 2.95. The van der Waals surface area contributed by atoms with Gasteiger partial charge < -0.3 is 10.5 Å². The highest BCUT2D eigenvalue weighted by Crippen LogP contribution is 2.30. The van der Waals surface area contributed by atoms with E-state index in [1.54, 1.807) is 25.4 Å². The lowest BCUT2D eigenvalue weighted by Crippen LogP contribution is -2.01. The third-order valence-corrected chi connectivity index (χ3v) is 2.87. The molecule has 0 amide bonds. The Kier molecular flexibility index (Phi) is 3.67. The molecule has 18 heavy (non-hydrogen) atoms. The number of halogens is 1. The fraction of sp³-hybridized carbons (Fsp3) is 0.231. The Morgan fingerprint density at radius 3 is 2.83 bits per heavy atom. The number of hydrogen-bond donors (Lipinski definition) is 1. The minimum Gasteiger partial charge on any atom is -0.496 e. The van der Waals surface area contributed by atoms with Crippen molar-refractivity contribution in [3.8, 4) is 17.1 Å². The van der Waals surface area contributed by atoms with Crippen LogP contribution >= 0.6 is 11.6 Å². The van der Waals surface area contributed by atoms with E-state index in [-0.39, 0.29) is 0 Å². The zero-order chi connectivity index (χ0) is 13.1. The Bertz CT molecular complexity index is 572. The van der Waals surface area contributed by atoms with Crippen LogP contribution in [0.5, 0.6) is 5.75 Å². The highest BCUT2D eigenvalue weighted by Gasteiger charge is 2.11. The zero-order valence-corrected chi connectivity index (χ0v) is 11.0. The summed E-state index contributed by atoms with van der Waals surface area (Å²) in [6.45, 7) is 2.00. The van der Waals surface area contributed by atoms with E-state index in [9.17, 15) is 0 Å². The largest absolute Gasteiger partial charge is 0.496 e. The highest BCUT2D eigenvalue weighted by atomic mass is 35.5. The molecule has 0 spiro atoms. The Morgan fingerprint density at radius 1 is 1.39 bits per heavy atom. The number of hydrogen-bond acceptors (Lipinski definition) is 4. The second-order valence-electron chi connectivity index (χ2n) is 3.79. The van der Waals surface area contributed by atoms with Crippen LogP contribution in [-0.4, -0.2) is 17.1 Å². The number of benzene rings is 1. The summed E-state index contributed by atoms with van der Waals surface area (Å²) in [7, 11) is 1.59. The van der Waals surface area contributed by atoms with Gasteiger partial charge in [-0.1, -0.05) is 18.5 Å². The van der Waals surface area contributed by atoms with Crippen molar-refractivity contribution in [3.63, 3.8) is 0 Å². The van der Waals surface area contributed by atoms with Crippen LogP contribution in [0.3, 0.4) is 0 Å². The molecule has 0 saturated carbocycles. The molecule has 94 valence electrons. The molecule has 5 heteroatoms. The fourth-order valence-corrected chi connectivity index (χ4v) is 1.85. The predicted molar refractivity (Wildman–Crippen MR) is 72.8 cm³/mol. The number of rotatable bonds is 3. The molecule has 0 aliphatic carbocycles.